The zero-order valence-electron chi connectivity index (χ0n) is 13.6. The minimum atomic E-state index is -0.402. The Hall–Kier alpha value is 0.0900. The van der Waals surface area contributed by atoms with Crippen LogP contribution in [0.25, 0.3) is 0 Å². The molecule has 1 aliphatic rings. The van der Waals surface area contributed by atoms with Gasteiger partial charge in [0.25, 0.3) is 0 Å². The first kappa shape index (κ1) is 19.1. The molecule has 0 aromatic carbocycles. The van der Waals surface area contributed by atoms with Crippen molar-refractivity contribution in [1.82, 2.24) is 4.90 Å². The Morgan fingerprint density at radius 1 is 1.38 bits per heavy atom. The first-order valence-corrected chi connectivity index (χ1v) is 10.2. The van der Waals surface area contributed by atoms with E-state index >= 15 is 0 Å². The summed E-state index contributed by atoms with van der Waals surface area (Å²) in [5, 5.41) is 10.4. The van der Waals surface area contributed by atoms with Crippen molar-refractivity contribution in [3.05, 3.63) is 0 Å². The first-order chi connectivity index (χ1) is 9.90. The Bertz CT molecular complexity index is 313. The van der Waals surface area contributed by atoms with Gasteiger partial charge in [-0.25, -0.2) is 0 Å². The summed E-state index contributed by atoms with van der Waals surface area (Å²) in [7, 11) is 3.69. The molecule has 0 aromatic rings. The number of hydrogen-bond donors (Lipinski definition) is 1. The molecule has 6 heteroatoms. The Morgan fingerprint density at radius 3 is 2.71 bits per heavy atom. The smallest absolute Gasteiger partial charge is 0.223 e. The van der Waals surface area contributed by atoms with Crippen molar-refractivity contribution in [2.75, 3.05) is 18.9 Å². The number of rotatable bonds is 9. The molecule has 0 aromatic heterocycles. The van der Waals surface area contributed by atoms with E-state index in [1.807, 2.05) is 40.3 Å². The van der Waals surface area contributed by atoms with Crippen LogP contribution in [0.1, 0.15) is 47.0 Å². The van der Waals surface area contributed by atoms with E-state index in [9.17, 15) is 9.90 Å². The van der Waals surface area contributed by atoms with Gasteiger partial charge in [-0.15, -0.1) is 0 Å². The predicted molar refractivity (Wildman–Crippen MR) is 91.6 cm³/mol. The van der Waals surface area contributed by atoms with Crippen molar-refractivity contribution in [3.8, 4) is 0 Å². The normalized spacial score (nSPS) is 22.5. The summed E-state index contributed by atoms with van der Waals surface area (Å²) >= 11 is 0. The van der Waals surface area contributed by atoms with E-state index in [4.69, 9.17) is 4.74 Å². The van der Waals surface area contributed by atoms with Crippen molar-refractivity contribution < 1.29 is 14.6 Å². The maximum absolute atomic E-state index is 12.3. The molecule has 0 bridgehead atoms. The van der Waals surface area contributed by atoms with Crippen LogP contribution < -0.4 is 0 Å². The molecule has 1 amide bonds. The van der Waals surface area contributed by atoms with Gasteiger partial charge in [0.1, 0.15) is 0 Å². The Balaban J connectivity index is 2.29. The lowest BCUT2D eigenvalue weighted by Gasteiger charge is -2.25. The summed E-state index contributed by atoms with van der Waals surface area (Å²) in [5.41, 5.74) is 0. The molecular formula is C15H29NO3S2. The van der Waals surface area contributed by atoms with Gasteiger partial charge in [-0.2, -0.15) is 0 Å². The lowest BCUT2D eigenvalue weighted by atomic mass is 10.2. The maximum atomic E-state index is 12.3. The van der Waals surface area contributed by atoms with Crippen molar-refractivity contribution in [1.29, 1.82) is 0 Å². The monoisotopic (exact) mass is 335 g/mol. The summed E-state index contributed by atoms with van der Waals surface area (Å²) < 4.78 is 5.61. The molecule has 0 radical (unpaired) electrons. The molecule has 0 aliphatic carbocycles. The van der Waals surface area contributed by atoms with E-state index in [2.05, 4.69) is 13.8 Å². The number of carbonyl (C=O) groups excluding carboxylic acids is 1. The van der Waals surface area contributed by atoms with Crippen molar-refractivity contribution in [3.63, 3.8) is 0 Å². The highest BCUT2D eigenvalue weighted by atomic mass is 33.1. The SMILES string of the molecule is CC(C)OC[C@@H]1C[C@H](O)CN1C(=O)CCCSSC(C)C. The molecule has 124 valence electrons. The van der Waals surface area contributed by atoms with Crippen LogP contribution >= 0.6 is 21.6 Å². The minimum Gasteiger partial charge on any atom is -0.391 e. The Labute approximate surface area is 136 Å². The Kier molecular flexibility index (Phi) is 9.09. The van der Waals surface area contributed by atoms with Crippen LogP contribution in [0.4, 0.5) is 0 Å². The maximum Gasteiger partial charge on any atom is 0.223 e. The number of nitrogens with zero attached hydrogens (tertiary/aromatic N) is 1. The summed E-state index contributed by atoms with van der Waals surface area (Å²) in [6.45, 7) is 9.31. The van der Waals surface area contributed by atoms with Crippen molar-refractivity contribution in [2.24, 2.45) is 0 Å². The molecule has 1 heterocycles. The Morgan fingerprint density at radius 2 is 2.10 bits per heavy atom. The van der Waals surface area contributed by atoms with Gasteiger partial charge in [0, 0.05) is 24.0 Å². The van der Waals surface area contributed by atoms with Crippen LogP contribution in [-0.4, -0.2) is 58.3 Å². The largest absolute Gasteiger partial charge is 0.391 e. The molecule has 21 heavy (non-hydrogen) atoms. The van der Waals surface area contributed by atoms with Crippen LogP contribution in [0.3, 0.4) is 0 Å². The number of β-amino-alcohol motifs (C(OH)–C–C–N with tert-alkyl or cyclic N) is 1. The van der Waals surface area contributed by atoms with Gasteiger partial charge < -0.3 is 14.7 Å². The fraction of sp³-hybridized carbons (Fsp3) is 0.933. The van der Waals surface area contributed by atoms with Gasteiger partial charge in [-0.1, -0.05) is 35.4 Å². The number of likely N-dealkylation sites (tertiary alicyclic amines) is 1. The lowest BCUT2D eigenvalue weighted by Crippen LogP contribution is -2.39. The van der Waals surface area contributed by atoms with Gasteiger partial charge in [0.2, 0.25) is 5.91 Å². The molecule has 0 saturated carbocycles. The molecule has 1 rings (SSSR count). The zero-order chi connectivity index (χ0) is 15.8. The molecule has 2 atom stereocenters. The molecule has 1 N–H and O–H groups in total. The fourth-order valence-corrected chi connectivity index (χ4v) is 4.36. The number of aliphatic hydroxyl groups excluding tert-OH is 1. The van der Waals surface area contributed by atoms with Gasteiger partial charge >= 0.3 is 0 Å². The van der Waals surface area contributed by atoms with E-state index in [1.165, 1.54) is 0 Å². The highest BCUT2D eigenvalue weighted by molar-refractivity contribution is 8.76. The topological polar surface area (TPSA) is 49.8 Å². The van der Waals surface area contributed by atoms with Crippen LogP contribution in [-0.2, 0) is 9.53 Å². The third kappa shape index (κ3) is 7.77. The predicted octanol–water partition coefficient (Wildman–Crippen LogP) is 2.94. The van der Waals surface area contributed by atoms with E-state index in [1.54, 1.807) is 0 Å². The number of hydrogen-bond acceptors (Lipinski definition) is 5. The van der Waals surface area contributed by atoms with E-state index in [0.717, 1.165) is 12.2 Å². The molecule has 0 spiro atoms. The molecule has 4 nitrogen and oxygen atoms in total. The second-order valence-electron chi connectivity index (χ2n) is 6.04. The van der Waals surface area contributed by atoms with Gasteiger partial charge in [0.15, 0.2) is 0 Å². The fourth-order valence-electron chi connectivity index (χ4n) is 2.27. The second kappa shape index (κ2) is 9.98. The number of carbonyl (C=O) groups is 1. The van der Waals surface area contributed by atoms with E-state index < -0.39 is 6.10 Å². The van der Waals surface area contributed by atoms with Crippen LogP contribution in [0, 0.1) is 0 Å². The zero-order valence-corrected chi connectivity index (χ0v) is 15.2. The summed E-state index contributed by atoms with van der Waals surface area (Å²) in [6, 6.07) is 0.0348. The molecule has 0 unspecified atom stereocenters. The molecule has 1 fully saturated rings. The lowest BCUT2D eigenvalue weighted by molar-refractivity contribution is -0.133. The first-order valence-electron chi connectivity index (χ1n) is 7.77. The van der Waals surface area contributed by atoms with Crippen LogP contribution in [0.2, 0.25) is 0 Å². The van der Waals surface area contributed by atoms with Gasteiger partial charge in [-0.3, -0.25) is 4.79 Å². The van der Waals surface area contributed by atoms with E-state index in [-0.39, 0.29) is 18.1 Å². The molecular weight excluding hydrogens is 306 g/mol. The van der Waals surface area contributed by atoms with Crippen molar-refractivity contribution in [2.45, 2.75) is 70.5 Å². The second-order valence-corrected chi connectivity index (χ2v) is 9.11. The number of ether oxygens (including phenoxy) is 1. The quantitative estimate of drug-likeness (QED) is 0.518. The average Bonchev–Trinajstić information content (AvgIpc) is 2.76. The third-order valence-electron chi connectivity index (χ3n) is 3.21. The highest BCUT2D eigenvalue weighted by Crippen LogP contribution is 2.27. The summed E-state index contributed by atoms with van der Waals surface area (Å²) in [5.74, 6) is 1.15. The summed E-state index contributed by atoms with van der Waals surface area (Å²) in [6.07, 6.45) is 1.85. The van der Waals surface area contributed by atoms with Gasteiger partial charge in [-0.05, 0) is 26.7 Å². The standard InChI is InChI=1S/C15H29NO3S2/c1-11(2)19-10-13-8-14(17)9-16(13)15(18)6-5-7-20-21-12(3)4/h11-14,17H,5-10H2,1-4H3/t13-,14-/m0/s1. The van der Waals surface area contributed by atoms with Crippen molar-refractivity contribution >= 4 is 27.5 Å². The average molecular weight is 336 g/mol. The highest BCUT2D eigenvalue weighted by Gasteiger charge is 2.34. The molecule has 1 aliphatic heterocycles. The minimum absolute atomic E-state index is 0.0348. The molecule has 1 saturated heterocycles. The number of aliphatic hydroxyl groups is 1. The summed E-state index contributed by atoms with van der Waals surface area (Å²) in [4.78, 5) is 14.1. The number of amides is 1. The third-order valence-corrected chi connectivity index (χ3v) is 6.25. The van der Waals surface area contributed by atoms with Crippen LogP contribution in [0.5, 0.6) is 0 Å². The van der Waals surface area contributed by atoms with Gasteiger partial charge in [0.05, 0.1) is 24.9 Å². The van der Waals surface area contributed by atoms with E-state index in [0.29, 0.717) is 31.2 Å². The van der Waals surface area contributed by atoms with Crippen LogP contribution in [0.15, 0.2) is 0 Å².